The van der Waals surface area contributed by atoms with Gasteiger partial charge in [-0.15, -0.1) is 0 Å². The van der Waals surface area contributed by atoms with Gasteiger partial charge in [0.15, 0.2) is 29.6 Å². The predicted molar refractivity (Wildman–Crippen MR) is 161 cm³/mol. The number of ether oxygens (including phenoxy) is 3. The van der Waals surface area contributed by atoms with Crippen molar-refractivity contribution in [2.45, 2.75) is 55.3 Å². The molecule has 6 heterocycles. The summed E-state index contributed by atoms with van der Waals surface area (Å²) in [5, 5.41) is 47.0. The van der Waals surface area contributed by atoms with Gasteiger partial charge in [-0.3, -0.25) is 33.0 Å². The SMILES string of the molecule is COC1[C@H](COP(=O)([O-])OP(=O)([O-])OP(=O)([O-])OC[C@H]2O[C@@H](n3cnc4c(=O)[nH]c(N)nc43)[C@@H](O)C2O)O[C@H](N2CN(C)C3=C2NC(N)=NC3[O-])[C@@H]1O. The van der Waals surface area contributed by atoms with Crippen LogP contribution in [-0.2, 0) is 45.6 Å². The van der Waals surface area contributed by atoms with E-state index in [9.17, 15) is 53.6 Å². The Morgan fingerprint density at radius 2 is 1.60 bits per heavy atom. The maximum atomic E-state index is 12.5. The Labute approximate surface area is 295 Å². The molecular formula is C22H31N10O18P3-4. The first-order valence-electron chi connectivity index (χ1n) is 14.9. The van der Waals surface area contributed by atoms with E-state index in [1.807, 2.05) is 0 Å². The van der Waals surface area contributed by atoms with Gasteiger partial charge < -0.3 is 84.9 Å². The Balaban J connectivity index is 1.03. The normalized spacial score (nSPS) is 33.8. The van der Waals surface area contributed by atoms with Crippen molar-refractivity contribution in [2.75, 3.05) is 39.8 Å². The lowest BCUT2D eigenvalue weighted by Crippen LogP contribution is -2.49. The summed E-state index contributed by atoms with van der Waals surface area (Å²) in [7, 11) is -15.6. The molecule has 0 bridgehead atoms. The number of aromatic nitrogens is 4. The molecule has 0 radical (unpaired) electrons. The third kappa shape index (κ3) is 8.00. The van der Waals surface area contributed by atoms with E-state index in [1.165, 1.54) is 9.80 Å². The number of hydrogen-bond donors (Lipinski definition) is 7. The van der Waals surface area contributed by atoms with Crippen molar-refractivity contribution in [1.82, 2.24) is 34.6 Å². The average Bonchev–Trinajstić information content (AvgIpc) is 3.76. The highest BCUT2D eigenvalue weighted by molar-refractivity contribution is 7.65. The number of phosphoric ester groups is 2. The number of hydrogen-bond acceptors (Lipinski definition) is 26. The Kier molecular flexibility index (Phi) is 10.8. The van der Waals surface area contributed by atoms with Gasteiger partial charge in [-0.25, -0.2) is 13.6 Å². The molecule has 4 aliphatic heterocycles. The van der Waals surface area contributed by atoms with Crippen LogP contribution in [0.1, 0.15) is 6.23 Å². The number of aliphatic hydroxyl groups excluding tert-OH is 3. The molecule has 296 valence electrons. The van der Waals surface area contributed by atoms with Gasteiger partial charge in [0.1, 0.15) is 42.4 Å². The number of likely N-dealkylation sites (N-methyl/N-ethyl adjacent to an activating group) is 1. The van der Waals surface area contributed by atoms with Crippen LogP contribution in [0, 0.1) is 0 Å². The summed E-state index contributed by atoms with van der Waals surface area (Å²) < 4.78 is 71.2. The fourth-order valence-electron chi connectivity index (χ4n) is 5.96. The molecule has 0 aliphatic carbocycles. The minimum absolute atomic E-state index is 0.00772. The zero-order valence-electron chi connectivity index (χ0n) is 27.0. The van der Waals surface area contributed by atoms with Crippen LogP contribution in [0.3, 0.4) is 0 Å². The quantitative estimate of drug-likeness (QED) is 0.0923. The first-order valence-corrected chi connectivity index (χ1v) is 19.3. The maximum Gasteiger partial charge on any atom is 0.280 e. The highest BCUT2D eigenvalue weighted by Gasteiger charge is 2.50. The molecule has 12 atom stereocenters. The van der Waals surface area contributed by atoms with Gasteiger partial charge in [0.25, 0.3) is 29.0 Å². The number of nitrogens with zero attached hydrogens (tertiary/aromatic N) is 6. The first-order chi connectivity index (χ1) is 24.7. The molecule has 9 N–H and O–H groups in total. The second-order valence-electron chi connectivity index (χ2n) is 11.7. The minimum atomic E-state index is -6.34. The number of rotatable bonds is 13. The Bertz CT molecular complexity index is 2000. The van der Waals surface area contributed by atoms with Gasteiger partial charge in [-0.2, -0.15) is 4.98 Å². The van der Waals surface area contributed by atoms with Gasteiger partial charge in [0.2, 0.25) is 5.95 Å². The molecule has 0 spiro atoms. The summed E-state index contributed by atoms with van der Waals surface area (Å²) in [4.78, 5) is 65.7. The fourth-order valence-corrected chi connectivity index (χ4v) is 9.34. The lowest BCUT2D eigenvalue weighted by atomic mass is 10.1. The number of methoxy groups -OCH3 is 1. The van der Waals surface area contributed by atoms with Crippen LogP contribution in [0.25, 0.3) is 11.2 Å². The zero-order valence-corrected chi connectivity index (χ0v) is 29.7. The van der Waals surface area contributed by atoms with Gasteiger partial charge in [-0.1, -0.05) is 0 Å². The van der Waals surface area contributed by atoms with Crippen LogP contribution in [0.2, 0.25) is 0 Å². The molecule has 0 aromatic carbocycles. The van der Waals surface area contributed by atoms with Crippen LogP contribution < -0.4 is 42.1 Å². The number of imidazole rings is 1. The summed E-state index contributed by atoms with van der Waals surface area (Å²) in [6, 6.07) is 0. The summed E-state index contributed by atoms with van der Waals surface area (Å²) >= 11 is 0. The van der Waals surface area contributed by atoms with Crippen molar-refractivity contribution in [3.63, 3.8) is 0 Å². The number of anilines is 1. The first kappa shape index (κ1) is 39.6. The number of nitrogen functional groups attached to an aromatic ring is 1. The van der Waals surface area contributed by atoms with Crippen molar-refractivity contribution in [3.8, 4) is 0 Å². The number of nitrogens with two attached hydrogens (primary N) is 2. The molecule has 2 saturated heterocycles. The number of fused-ring (bicyclic) bond motifs is 1. The Morgan fingerprint density at radius 3 is 2.25 bits per heavy atom. The summed E-state index contributed by atoms with van der Waals surface area (Å²) in [6.45, 7) is -2.22. The number of guanidine groups is 1. The monoisotopic (exact) mass is 816 g/mol. The molecule has 2 aromatic rings. The number of nitrogens with one attached hydrogen (secondary N) is 2. The zero-order chi connectivity index (χ0) is 38.8. The number of aliphatic hydroxyl groups is 3. The van der Waals surface area contributed by atoms with Crippen LogP contribution in [0.15, 0.2) is 27.6 Å². The van der Waals surface area contributed by atoms with E-state index in [1.54, 1.807) is 7.05 Å². The van der Waals surface area contributed by atoms with Gasteiger partial charge >= 0.3 is 0 Å². The van der Waals surface area contributed by atoms with Gasteiger partial charge in [0.05, 0.1) is 31.9 Å². The fraction of sp³-hybridized carbons (Fsp3) is 0.636. The Morgan fingerprint density at radius 1 is 0.981 bits per heavy atom. The molecule has 6 rings (SSSR count). The molecule has 28 nitrogen and oxygen atoms in total. The summed E-state index contributed by atoms with van der Waals surface area (Å²) in [5.41, 5.74) is 10.3. The number of H-pyrrole nitrogens is 1. The Hall–Kier alpha value is -3.11. The van der Waals surface area contributed by atoms with Crippen LogP contribution >= 0.6 is 23.5 Å². The standard InChI is InChI=1S/C22H34N10O18P3/c1-30-6-32(16-10(30)18(37)29-22(24)27-16)20-13(35)14(44-2)8(48-20)4-46-52(40,41)50-53(42,43)49-51(38,39)45-3-7-11(33)12(34)19(47-7)31-5-25-9-15(31)26-21(23)28-17(9)36/h5,7-8,11-14,18-20,33-35H,3-4,6H2,1-2H3,(H,38,39)(H,40,41)(H,42,43)(H3,24,27,29)(H3,23,26,28,36)/q-1/p-3/t7-,8+,11?,12+,13-,14?,18?,19-,20+/m1/s1. The van der Waals surface area contributed by atoms with Crippen LogP contribution in [0.4, 0.5) is 5.95 Å². The molecule has 4 aliphatic rings. The molecule has 31 heteroatoms. The predicted octanol–water partition coefficient (Wildman–Crippen LogP) is -7.13. The molecule has 2 fully saturated rings. The van der Waals surface area contributed by atoms with E-state index in [0.29, 0.717) is 0 Å². The smallest absolute Gasteiger partial charge is 0.280 e. The molecule has 6 unspecified atom stereocenters. The highest BCUT2D eigenvalue weighted by Crippen LogP contribution is 2.63. The third-order valence-corrected chi connectivity index (χ3v) is 12.3. The summed E-state index contributed by atoms with van der Waals surface area (Å²) in [5.74, 6) is -0.370. The van der Waals surface area contributed by atoms with E-state index >= 15 is 0 Å². The van der Waals surface area contributed by atoms with Gasteiger partial charge in [-0.05, 0) is 0 Å². The maximum absolute atomic E-state index is 12.5. The van der Waals surface area contributed by atoms with Crippen molar-refractivity contribution in [1.29, 1.82) is 0 Å². The lowest BCUT2D eigenvalue weighted by molar-refractivity contribution is -0.407. The molecule has 53 heavy (non-hydrogen) atoms. The highest BCUT2D eigenvalue weighted by atomic mass is 31.3. The number of aromatic amines is 1. The third-order valence-electron chi connectivity index (χ3n) is 8.19. The topological polar surface area (TPSA) is 415 Å². The minimum Gasteiger partial charge on any atom is -0.830 e. The van der Waals surface area contributed by atoms with E-state index < -0.39 is 97.5 Å². The molecule has 2 aromatic heterocycles. The second-order valence-corrected chi connectivity index (χ2v) is 16.2. The van der Waals surface area contributed by atoms with Crippen molar-refractivity contribution in [2.24, 2.45) is 10.7 Å². The van der Waals surface area contributed by atoms with E-state index in [4.69, 9.17) is 25.7 Å². The lowest BCUT2D eigenvalue weighted by Gasteiger charge is -2.35. The van der Waals surface area contributed by atoms with Gasteiger partial charge in [0, 0.05) is 20.4 Å². The van der Waals surface area contributed by atoms with E-state index in [2.05, 4.69) is 42.9 Å². The van der Waals surface area contributed by atoms with Crippen molar-refractivity contribution >= 4 is 46.5 Å². The van der Waals surface area contributed by atoms with Crippen LogP contribution in [-0.4, -0.2) is 134 Å². The second kappa shape index (κ2) is 14.5. The van der Waals surface area contributed by atoms with E-state index in [0.717, 1.165) is 18.0 Å². The molecule has 0 amide bonds. The largest absolute Gasteiger partial charge is 0.830 e. The van der Waals surface area contributed by atoms with Crippen LogP contribution in [0.5, 0.6) is 0 Å². The average molecular weight is 816 g/mol. The van der Waals surface area contributed by atoms with Crippen molar-refractivity contribution < 1.29 is 80.7 Å². The number of aliphatic imine (C=N–C) groups is 1. The van der Waals surface area contributed by atoms with E-state index in [-0.39, 0.29) is 41.3 Å². The number of phosphoric acid groups is 3. The molecular weight excluding hydrogens is 785 g/mol. The summed E-state index contributed by atoms with van der Waals surface area (Å²) in [6.07, 6.45) is -12.9. The molecule has 0 saturated carbocycles. The van der Waals surface area contributed by atoms with Crippen molar-refractivity contribution in [3.05, 3.63) is 28.2 Å².